The number of hydrogen-bond acceptors (Lipinski definition) is 4. The largest absolute Gasteiger partial charge is 0.480 e. The molecule has 0 aliphatic heterocycles. The van der Waals surface area contributed by atoms with Gasteiger partial charge in [-0.25, -0.2) is 4.79 Å². The van der Waals surface area contributed by atoms with Crippen molar-refractivity contribution in [2.24, 2.45) is 5.92 Å². The molecule has 2 N–H and O–H groups in total. The molecule has 0 aromatic heterocycles. The molecule has 0 fully saturated rings. The molecule has 0 saturated carbocycles. The van der Waals surface area contributed by atoms with E-state index in [0.29, 0.717) is 9.99 Å². The second kappa shape index (κ2) is 7.34. The fourth-order valence-corrected chi connectivity index (χ4v) is 2.28. The van der Waals surface area contributed by atoms with Crippen LogP contribution in [0.4, 0.5) is 5.69 Å². The van der Waals surface area contributed by atoms with Gasteiger partial charge in [-0.3, -0.25) is 14.9 Å². The molecular formula is C13H15IN2O5. The number of nitro groups is 1. The van der Waals surface area contributed by atoms with E-state index in [1.807, 2.05) is 29.5 Å². The number of non-ortho nitro benzene ring substituents is 1. The van der Waals surface area contributed by atoms with E-state index in [2.05, 4.69) is 5.32 Å². The number of benzene rings is 1. The van der Waals surface area contributed by atoms with Gasteiger partial charge in [0.25, 0.3) is 11.6 Å². The van der Waals surface area contributed by atoms with Gasteiger partial charge >= 0.3 is 5.97 Å². The van der Waals surface area contributed by atoms with E-state index in [-0.39, 0.29) is 17.2 Å². The van der Waals surface area contributed by atoms with Gasteiger partial charge in [-0.1, -0.05) is 20.3 Å². The summed E-state index contributed by atoms with van der Waals surface area (Å²) in [6.45, 7) is 3.54. The predicted octanol–water partition coefficient (Wildman–Crippen LogP) is 2.43. The number of nitrogens with zero attached hydrogens (tertiary/aromatic N) is 1. The summed E-state index contributed by atoms with van der Waals surface area (Å²) in [7, 11) is 0. The van der Waals surface area contributed by atoms with Crippen molar-refractivity contribution in [3.05, 3.63) is 37.4 Å². The lowest BCUT2D eigenvalue weighted by molar-refractivity contribution is -0.384. The maximum Gasteiger partial charge on any atom is 0.326 e. The van der Waals surface area contributed by atoms with Crippen LogP contribution in [-0.4, -0.2) is 27.9 Å². The number of hydrogen-bond donors (Lipinski definition) is 2. The zero-order valence-corrected chi connectivity index (χ0v) is 13.7. The van der Waals surface area contributed by atoms with E-state index in [0.717, 1.165) is 6.07 Å². The summed E-state index contributed by atoms with van der Waals surface area (Å²) >= 11 is 1.88. The van der Waals surface area contributed by atoms with Crippen molar-refractivity contribution in [3.8, 4) is 0 Å². The average molecular weight is 406 g/mol. The Hall–Kier alpha value is -1.71. The van der Waals surface area contributed by atoms with Crippen LogP contribution in [-0.2, 0) is 4.79 Å². The quantitative estimate of drug-likeness (QED) is 0.429. The minimum atomic E-state index is -1.13. The molecule has 2 unspecified atom stereocenters. The molecule has 114 valence electrons. The number of carboxylic acid groups (broad SMARTS) is 1. The SMILES string of the molecule is CCC(C)C(NC(=O)c1cc([N+](=O)[O-])ccc1I)C(=O)O. The van der Waals surface area contributed by atoms with Crippen molar-refractivity contribution >= 4 is 40.2 Å². The molecule has 1 aromatic rings. The van der Waals surface area contributed by atoms with E-state index in [9.17, 15) is 19.7 Å². The lowest BCUT2D eigenvalue weighted by Gasteiger charge is -2.20. The molecule has 1 aromatic carbocycles. The number of aliphatic carboxylic acids is 1. The fourth-order valence-electron chi connectivity index (χ4n) is 1.70. The smallest absolute Gasteiger partial charge is 0.326 e. The number of nitrogens with one attached hydrogen (secondary N) is 1. The van der Waals surface area contributed by atoms with E-state index in [1.54, 1.807) is 6.92 Å². The number of carboxylic acids is 1. The third-order valence-electron chi connectivity index (χ3n) is 3.17. The van der Waals surface area contributed by atoms with Crippen LogP contribution < -0.4 is 5.32 Å². The first-order chi connectivity index (χ1) is 9.77. The Bertz CT molecular complexity index is 576. The highest BCUT2D eigenvalue weighted by molar-refractivity contribution is 14.1. The highest BCUT2D eigenvalue weighted by Crippen LogP contribution is 2.20. The normalized spacial score (nSPS) is 13.3. The summed E-state index contributed by atoms with van der Waals surface area (Å²) in [6, 6.07) is 2.86. The van der Waals surface area contributed by atoms with Crippen LogP contribution in [0.1, 0.15) is 30.6 Å². The Morgan fingerprint density at radius 3 is 2.57 bits per heavy atom. The van der Waals surface area contributed by atoms with Crippen LogP contribution in [0.15, 0.2) is 18.2 Å². The molecule has 1 rings (SSSR count). The Morgan fingerprint density at radius 1 is 1.48 bits per heavy atom. The van der Waals surface area contributed by atoms with Crippen LogP contribution in [0, 0.1) is 19.6 Å². The molecule has 0 saturated heterocycles. The first-order valence-corrected chi connectivity index (χ1v) is 7.33. The monoisotopic (exact) mass is 406 g/mol. The molecule has 0 radical (unpaired) electrons. The van der Waals surface area contributed by atoms with Gasteiger partial charge < -0.3 is 10.4 Å². The molecule has 2 atom stereocenters. The number of nitro benzene ring substituents is 1. The standard InChI is InChI=1S/C13H15IN2O5/c1-3-7(2)11(13(18)19)15-12(17)9-6-8(16(20)21)4-5-10(9)14/h4-7,11H,3H2,1-2H3,(H,15,17)(H,18,19). The second-order valence-corrected chi connectivity index (χ2v) is 5.76. The van der Waals surface area contributed by atoms with Crippen LogP contribution in [0.5, 0.6) is 0 Å². The van der Waals surface area contributed by atoms with Crippen molar-refractivity contribution < 1.29 is 19.6 Å². The molecule has 0 bridgehead atoms. The Morgan fingerprint density at radius 2 is 2.10 bits per heavy atom. The summed E-state index contributed by atoms with van der Waals surface area (Å²) in [6.07, 6.45) is 0.587. The van der Waals surface area contributed by atoms with E-state index in [4.69, 9.17) is 5.11 Å². The summed E-state index contributed by atoms with van der Waals surface area (Å²) in [5, 5.41) is 22.3. The van der Waals surface area contributed by atoms with Gasteiger partial charge in [0, 0.05) is 15.7 Å². The first kappa shape index (κ1) is 17.3. The van der Waals surface area contributed by atoms with Gasteiger partial charge in [0.1, 0.15) is 6.04 Å². The second-order valence-electron chi connectivity index (χ2n) is 4.60. The predicted molar refractivity (Wildman–Crippen MR) is 84.2 cm³/mol. The molecular weight excluding hydrogens is 391 g/mol. The summed E-state index contributed by atoms with van der Waals surface area (Å²) < 4.78 is 0.518. The van der Waals surface area contributed by atoms with Crippen LogP contribution in [0.3, 0.4) is 0 Å². The lowest BCUT2D eigenvalue weighted by atomic mass is 9.99. The Labute approximate surface area is 135 Å². The highest BCUT2D eigenvalue weighted by Gasteiger charge is 2.27. The lowest BCUT2D eigenvalue weighted by Crippen LogP contribution is -2.45. The maximum absolute atomic E-state index is 12.2. The third-order valence-corrected chi connectivity index (χ3v) is 4.11. The first-order valence-electron chi connectivity index (χ1n) is 6.25. The van der Waals surface area contributed by atoms with Gasteiger partial charge in [-0.15, -0.1) is 0 Å². The van der Waals surface area contributed by atoms with E-state index in [1.165, 1.54) is 12.1 Å². The zero-order chi connectivity index (χ0) is 16.2. The molecule has 0 aliphatic carbocycles. The van der Waals surface area contributed by atoms with Gasteiger partial charge in [0.05, 0.1) is 10.5 Å². The Kier molecular flexibility index (Phi) is 6.06. The fraction of sp³-hybridized carbons (Fsp3) is 0.385. The van der Waals surface area contributed by atoms with Crippen LogP contribution in [0.25, 0.3) is 0 Å². The van der Waals surface area contributed by atoms with Gasteiger partial charge in [-0.05, 0) is 34.6 Å². The molecule has 0 spiro atoms. The van der Waals surface area contributed by atoms with Gasteiger partial charge in [-0.2, -0.15) is 0 Å². The highest BCUT2D eigenvalue weighted by atomic mass is 127. The molecule has 21 heavy (non-hydrogen) atoms. The van der Waals surface area contributed by atoms with Gasteiger partial charge in [0.2, 0.25) is 0 Å². The number of halogens is 1. The summed E-state index contributed by atoms with van der Waals surface area (Å²) in [5.41, 5.74) is -0.115. The van der Waals surface area contributed by atoms with Crippen molar-refractivity contribution in [1.82, 2.24) is 5.32 Å². The summed E-state index contributed by atoms with van der Waals surface area (Å²) in [4.78, 5) is 33.5. The summed E-state index contributed by atoms with van der Waals surface area (Å²) in [5.74, 6) is -2.00. The number of carbonyl (C=O) groups is 2. The zero-order valence-electron chi connectivity index (χ0n) is 11.5. The third kappa shape index (κ3) is 4.38. The van der Waals surface area contributed by atoms with Crippen molar-refractivity contribution in [2.45, 2.75) is 26.3 Å². The number of carbonyl (C=O) groups excluding carboxylic acids is 1. The van der Waals surface area contributed by atoms with Crippen molar-refractivity contribution in [2.75, 3.05) is 0 Å². The van der Waals surface area contributed by atoms with E-state index >= 15 is 0 Å². The maximum atomic E-state index is 12.2. The van der Waals surface area contributed by atoms with E-state index < -0.39 is 22.8 Å². The average Bonchev–Trinajstić information content (AvgIpc) is 2.43. The van der Waals surface area contributed by atoms with Crippen LogP contribution >= 0.6 is 22.6 Å². The number of rotatable bonds is 6. The molecule has 7 nitrogen and oxygen atoms in total. The minimum Gasteiger partial charge on any atom is -0.480 e. The van der Waals surface area contributed by atoms with Crippen LogP contribution in [0.2, 0.25) is 0 Å². The minimum absolute atomic E-state index is 0.0966. The number of amides is 1. The molecule has 0 aliphatic rings. The Balaban J connectivity index is 3.05. The molecule has 8 heteroatoms. The van der Waals surface area contributed by atoms with Crippen molar-refractivity contribution in [3.63, 3.8) is 0 Å². The van der Waals surface area contributed by atoms with Gasteiger partial charge in [0.15, 0.2) is 0 Å². The van der Waals surface area contributed by atoms with Crippen molar-refractivity contribution in [1.29, 1.82) is 0 Å². The topological polar surface area (TPSA) is 110 Å². The molecule has 1 amide bonds. The molecule has 0 heterocycles.